The second-order valence-electron chi connectivity index (χ2n) is 6.57. The number of rotatable bonds is 7. The molecule has 0 spiro atoms. The molecule has 1 aliphatic carbocycles. The van der Waals surface area contributed by atoms with Crippen LogP contribution in [0.4, 0.5) is 0 Å². The Kier molecular flexibility index (Phi) is 4.48. The van der Waals surface area contributed by atoms with Gasteiger partial charge in [-0.2, -0.15) is 5.10 Å². The molecule has 1 fully saturated rings. The highest BCUT2D eigenvalue weighted by atomic mass is 16.5. The van der Waals surface area contributed by atoms with E-state index in [1.807, 2.05) is 0 Å². The Morgan fingerprint density at radius 3 is 2.80 bits per heavy atom. The van der Waals surface area contributed by atoms with Crippen molar-refractivity contribution in [2.75, 3.05) is 7.11 Å². The Balaban J connectivity index is 1.85. The fourth-order valence-electron chi connectivity index (χ4n) is 2.86. The normalized spacial score (nSPS) is 16.1. The quantitative estimate of drug-likeness (QED) is 0.716. The van der Waals surface area contributed by atoms with Crippen LogP contribution in [0.15, 0.2) is 30.3 Å². The first-order valence-electron chi connectivity index (χ1n) is 8.15. The molecule has 1 unspecified atom stereocenters. The van der Waals surface area contributed by atoms with Crippen LogP contribution in [0, 0.1) is 0 Å². The zero-order valence-electron chi connectivity index (χ0n) is 14.2. The fourth-order valence-corrected chi connectivity index (χ4v) is 2.86. The number of carbonyl (C=O) groups excluding carboxylic acids is 1. The van der Waals surface area contributed by atoms with Crippen LogP contribution in [0.3, 0.4) is 0 Å². The first kappa shape index (κ1) is 17.0. The summed E-state index contributed by atoms with van der Waals surface area (Å²) in [5.74, 6) is -0.363. The number of nitrogens with zero attached hydrogens (tertiary/aromatic N) is 1. The molecule has 1 aromatic carbocycles. The van der Waals surface area contributed by atoms with Crippen molar-refractivity contribution in [3.8, 4) is 5.75 Å². The lowest BCUT2D eigenvalue weighted by molar-refractivity contribution is -0.138. The molecule has 0 saturated heterocycles. The molecule has 1 aliphatic rings. The molecular weight excluding hydrogens is 322 g/mol. The lowest BCUT2D eigenvalue weighted by atomic mass is 9.88. The van der Waals surface area contributed by atoms with Crippen LogP contribution in [0.5, 0.6) is 5.75 Å². The van der Waals surface area contributed by atoms with Crippen molar-refractivity contribution in [1.82, 2.24) is 15.5 Å². The Morgan fingerprint density at radius 1 is 1.40 bits per heavy atom. The van der Waals surface area contributed by atoms with E-state index in [1.165, 1.54) is 7.11 Å². The smallest absolute Gasteiger partial charge is 0.306 e. The topological polar surface area (TPSA) is 104 Å². The molecule has 0 aliphatic heterocycles. The Morgan fingerprint density at radius 2 is 2.16 bits per heavy atom. The molecule has 0 bridgehead atoms. The largest absolute Gasteiger partial charge is 0.497 e. The number of H-pyrrole nitrogens is 1. The summed E-state index contributed by atoms with van der Waals surface area (Å²) >= 11 is 0. The Bertz CT molecular complexity index is 797. The van der Waals surface area contributed by atoms with Gasteiger partial charge in [-0.3, -0.25) is 14.7 Å². The minimum absolute atomic E-state index is 0.258. The van der Waals surface area contributed by atoms with Crippen LogP contribution in [-0.2, 0) is 10.3 Å². The molecule has 2 aromatic rings. The third kappa shape index (κ3) is 3.81. The maximum atomic E-state index is 12.6. The first-order chi connectivity index (χ1) is 11.9. The van der Waals surface area contributed by atoms with E-state index in [9.17, 15) is 14.7 Å². The molecule has 25 heavy (non-hydrogen) atoms. The van der Waals surface area contributed by atoms with Crippen LogP contribution in [-0.4, -0.2) is 34.3 Å². The number of ether oxygens (including phenoxy) is 1. The SMILES string of the molecule is COc1cccc(C(C)(CC(=O)O)NC(=O)c2cc(C3CC3)[nH]n2)c1. The van der Waals surface area contributed by atoms with Gasteiger partial charge in [0.25, 0.3) is 5.91 Å². The van der Waals surface area contributed by atoms with Gasteiger partial charge in [0.05, 0.1) is 19.1 Å². The second kappa shape index (κ2) is 6.58. The van der Waals surface area contributed by atoms with E-state index in [1.54, 1.807) is 37.3 Å². The molecular formula is C18H21N3O4. The van der Waals surface area contributed by atoms with E-state index in [2.05, 4.69) is 15.5 Å². The zero-order valence-corrected chi connectivity index (χ0v) is 14.2. The van der Waals surface area contributed by atoms with Gasteiger partial charge in [0.1, 0.15) is 11.4 Å². The van der Waals surface area contributed by atoms with Crippen molar-refractivity contribution < 1.29 is 19.4 Å². The van der Waals surface area contributed by atoms with Gasteiger partial charge in [-0.25, -0.2) is 0 Å². The zero-order chi connectivity index (χ0) is 18.0. The minimum atomic E-state index is -1.09. The van der Waals surface area contributed by atoms with Crippen molar-refractivity contribution in [2.45, 2.75) is 37.6 Å². The minimum Gasteiger partial charge on any atom is -0.497 e. The number of benzene rings is 1. The van der Waals surface area contributed by atoms with Crippen molar-refractivity contribution in [1.29, 1.82) is 0 Å². The molecule has 3 N–H and O–H groups in total. The van der Waals surface area contributed by atoms with Gasteiger partial charge in [-0.05, 0) is 43.5 Å². The number of aromatic nitrogens is 2. The first-order valence-corrected chi connectivity index (χ1v) is 8.15. The van der Waals surface area contributed by atoms with Gasteiger partial charge in [0.2, 0.25) is 0 Å². The standard InChI is InChI=1S/C18H21N3O4/c1-18(10-16(22)23,12-4-3-5-13(8-12)25-2)19-17(24)15-9-14(20-21-15)11-6-7-11/h3-5,8-9,11H,6-7,10H2,1-2H3,(H,19,24)(H,20,21)(H,22,23). The maximum absolute atomic E-state index is 12.6. The van der Waals surface area contributed by atoms with E-state index in [-0.39, 0.29) is 12.1 Å². The van der Waals surface area contributed by atoms with Crippen molar-refractivity contribution in [3.05, 3.63) is 47.3 Å². The van der Waals surface area contributed by atoms with Gasteiger partial charge < -0.3 is 15.2 Å². The van der Waals surface area contributed by atoms with Crippen LogP contribution < -0.4 is 10.1 Å². The molecule has 7 nitrogen and oxygen atoms in total. The highest BCUT2D eigenvalue weighted by Crippen LogP contribution is 2.39. The summed E-state index contributed by atoms with van der Waals surface area (Å²) in [6, 6.07) is 8.76. The molecule has 1 aromatic heterocycles. The van der Waals surface area contributed by atoms with Crippen molar-refractivity contribution >= 4 is 11.9 Å². The predicted octanol–water partition coefficient (Wildman–Crippen LogP) is 2.42. The molecule has 0 radical (unpaired) electrons. The summed E-state index contributed by atoms with van der Waals surface area (Å²) in [6.07, 6.45) is 1.94. The summed E-state index contributed by atoms with van der Waals surface area (Å²) in [5.41, 5.74) is 0.782. The highest BCUT2D eigenvalue weighted by Gasteiger charge is 2.33. The average molecular weight is 343 g/mol. The average Bonchev–Trinajstić information content (AvgIpc) is 3.31. The highest BCUT2D eigenvalue weighted by molar-refractivity contribution is 5.93. The number of carboxylic acid groups (broad SMARTS) is 1. The number of carboxylic acids is 1. The summed E-state index contributed by atoms with van der Waals surface area (Å²) in [6.45, 7) is 1.68. The number of aliphatic carboxylic acids is 1. The molecule has 1 amide bonds. The third-order valence-electron chi connectivity index (χ3n) is 4.45. The van der Waals surface area contributed by atoms with E-state index in [0.29, 0.717) is 17.2 Å². The molecule has 1 saturated carbocycles. The summed E-state index contributed by atoms with van der Waals surface area (Å²) < 4.78 is 5.20. The van der Waals surface area contributed by atoms with Gasteiger partial charge in [-0.15, -0.1) is 0 Å². The number of hydrogen-bond acceptors (Lipinski definition) is 4. The number of aromatic amines is 1. The number of carbonyl (C=O) groups is 2. The molecule has 1 atom stereocenters. The van der Waals surface area contributed by atoms with Gasteiger partial charge >= 0.3 is 5.97 Å². The number of nitrogens with one attached hydrogen (secondary N) is 2. The summed E-state index contributed by atoms with van der Waals surface area (Å²) in [7, 11) is 1.54. The lowest BCUT2D eigenvalue weighted by Gasteiger charge is -2.30. The van der Waals surface area contributed by atoms with Gasteiger partial charge in [0.15, 0.2) is 0 Å². The monoisotopic (exact) mass is 343 g/mol. The van der Waals surface area contributed by atoms with E-state index < -0.39 is 17.4 Å². The van der Waals surface area contributed by atoms with Crippen LogP contribution in [0.25, 0.3) is 0 Å². The molecule has 132 valence electrons. The van der Waals surface area contributed by atoms with E-state index in [0.717, 1.165) is 18.5 Å². The second-order valence-corrected chi connectivity index (χ2v) is 6.57. The molecule has 3 rings (SSSR count). The van der Waals surface area contributed by atoms with E-state index in [4.69, 9.17) is 4.74 Å². The number of methoxy groups -OCH3 is 1. The number of hydrogen-bond donors (Lipinski definition) is 3. The Hall–Kier alpha value is -2.83. The van der Waals surface area contributed by atoms with E-state index >= 15 is 0 Å². The van der Waals surface area contributed by atoms with Gasteiger partial charge in [-0.1, -0.05) is 12.1 Å². The predicted molar refractivity (Wildman–Crippen MR) is 90.6 cm³/mol. The number of amides is 1. The van der Waals surface area contributed by atoms with Crippen molar-refractivity contribution in [2.24, 2.45) is 0 Å². The maximum Gasteiger partial charge on any atom is 0.306 e. The molecule has 7 heteroatoms. The van der Waals surface area contributed by atoms with Crippen LogP contribution in [0.2, 0.25) is 0 Å². The van der Waals surface area contributed by atoms with Crippen molar-refractivity contribution in [3.63, 3.8) is 0 Å². The third-order valence-corrected chi connectivity index (χ3v) is 4.45. The Labute approximate surface area is 145 Å². The summed E-state index contributed by atoms with van der Waals surface area (Å²) in [5, 5.41) is 19.1. The lowest BCUT2D eigenvalue weighted by Crippen LogP contribution is -2.45. The van der Waals surface area contributed by atoms with Crippen LogP contribution >= 0.6 is 0 Å². The summed E-state index contributed by atoms with van der Waals surface area (Å²) in [4.78, 5) is 24.0. The van der Waals surface area contributed by atoms with Gasteiger partial charge in [0, 0.05) is 11.6 Å². The van der Waals surface area contributed by atoms with Crippen LogP contribution in [0.1, 0.15) is 53.8 Å². The fraction of sp³-hybridized carbons (Fsp3) is 0.389. The molecule has 1 heterocycles.